The number of carbonyl (C=O) groups excluding carboxylic acids is 2. The molecule has 0 fully saturated rings. The number of amides is 1. The van der Waals surface area contributed by atoms with Gasteiger partial charge in [0.05, 0.1) is 6.42 Å². The first-order valence-electron chi connectivity index (χ1n) is 11.5. The average Bonchev–Trinajstić information content (AvgIpc) is 2.79. The minimum atomic E-state index is -0.391. The lowest BCUT2D eigenvalue weighted by Crippen LogP contribution is -2.28. The van der Waals surface area contributed by atoms with Crippen molar-refractivity contribution in [2.75, 3.05) is 6.54 Å². The van der Waals surface area contributed by atoms with E-state index in [2.05, 4.69) is 41.9 Å². The SMILES string of the molecule is C.NCCCCCCCC(=O)ONC(=O)Cc1ccc(CCCCc2ccccc2)cc1. The molecule has 5 nitrogen and oxygen atoms in total. The highest BCUT2D eigenvalue weighted by atomic mass is 16.7. The molecule has 0 aliphatic rings. The van der Waals surface area contributed by atoms with Crippen LogP contribution in [0.15, 0.2) is 54.6 Å². The molecule has 32 heavy (non-hydrogen) atoms. The van der Waals surface area contributed by atoms with E-state index in [0.29, 0.717) is 13.0 Å². The number of hydroxylamine groups is 1. The van der Waals surface area contributed by atoms with Gasteiger partial charge in [-0.05, 0) is 61.8 Å². The monoisotopic (exact) mass is 440 g/mol. The molecule has 0 unspecified atom stereocenters. The van der Waals surface area contributed by atoms with Crippen LogP contribution in [0.4, 0.5) is 0 Å². The Morgan fingerprint density at radius 2 is 1.28 bits per heavy atom. The summed E-state index contributed by atoms with van der Waals surface area (Å²) in [6.45, 7) is 0.714. The molecule has 0 aliphatic carbocycles. The van der Waals surface area contributed by atoms with Gasteiger partial charge in [-0.2, -0.15) is 5.48 Å². The maximum atomic E-state index is 12.0. The van der Waals surface area contributed by atoms with Crippen LogP contribution in [0, 0.1) is 0 Å². The normalized spacial score (nSPS) is 10.3. The van der Waals surface area contributed by atoms with E-state index in [-0.39, 0.29) is 19.8 Å². The van der Waals surface area contributed by atoms with E-state index in [1.165, 1.54) is 11.1 Å². The van der Waals surface area contributed by atoms with Gasteiger partial charge in [0.25, 0.3) is 5.91 Å². The van der Waals surface area contributed by atoms with Crippen LogP contribution in [0.25, 0.3) is 0 Å². The number of hydrogen-bond acceptors (Lipinski definition) is 4. The van der Waals surface area contributed by atoms with Gasteiger partial charge >= 0.3 is 5.97 Å². The molecule has 0 heterocycles. The summed E-state index contributed by atoms with van der Waals surface area (Å²) in [6, 6.07) is 18.6. The van der Waals surface area contributed by atoms with E-state index in [9.17, 15) is 9.59 Å². The molecule has 176 valence electrons. The third-order valence-electron chi connectivity index (χ3n) is 5.28. The van der Waals surface area contributed by atoms with E-state index in [1.807, 2.05) is 18.2 Å². The zero-order valence-corrected chi connectivity index (χ0v) is 18.5. The van der Waals surface area contributed by atoms with Crippen molar-refractivity contribution in [3.63, 3.8) is 0 Å². The van der Waals surface area contributed by atoms with Crippen LogP contribution in [-0.2, 0) is 33.7 Å². The van der Waals surface area contributed by atoms with Gasteiger partial charge in [0, 0.05) is 6.42 Å². The molecule has 2 aromatic rings. The first-order chi connectivity index (χ1) is 15.2. The summed E-state index contributed by atoms with van der Waals surface area (Å²) < 4.78 is 0. The van der Waals surface area contributed by atoms with E-state index >= 15 is 0 Å². The van der Waals surface area contributed by atoms with Gasteiger partial charge in [-0.3, -0.25) is 4.79 Å². The van der Waals surface area contributed by atoms with Crippen LogP contribution in [0.3, 0.4) is 0 Å². The minimum absolute atomic E-state index is 0. The van der Waals surface area contributed by atoms with E-state index in [1.54, 1.807) is 0 Å². The Hall–Kier alpha value is -2.66. The molecular weight excluding hydrogens is 400 g/mol. The zero-order valence-electron chi connectivity index (χ0n) is 18.5. The van der Waals surface area contributed by atoms with Crippen molar-refractivity contribution >= 4 is 11.9 Å². The van der Waals surface area contributed by atoms with Crippen molar-refractivity contribution in [1.29, 1.82) is 0 Å². The number of rotatable bonds is 14. The summed E-state index contributed by atoms with van der Waals surface area (Å²) >= 11 is 0. The highest BCUT2D eigenvalue weighted by Gasteiger charge is 2.08. The maximum Gasteiger partial charge on any atom is 0.332 e. The smallest absolute Gasteiger partial charge is 0.332 e. The quantitative estimate of drug-likeness (QED) is 0.308. The largest absolute Gasteiger partial charge is 0.341 e. The molecular formula is C27H40N2O3. The van der Waals surface area contributed by atoms with Crippen LogP contribution >= 0.6 is 0 Å². The molecule has 0 spiro atoms. The Labute approximate surface area is 193 Å². The molecule has 2 aromatic carbocycles. The molecule has 0 saturated heterocycles. The molecule has 0 saturated carbocycles. The van der Waals surface area contributed by atoms with Gasteiger partial charge in [0.15, 0.2) is 0 Å². The molecule has 0 bridgehead atoms. The van der Waals surface area contributed by atoms with Crippen LogP contribution < -0.4 is 11.2 Å². The lowest BCUT2D eigenvalue weighted by Gasteiger charge is -2.07. The summed E-state index contributed by atoms with van der Waals surface area (Å²) in [5.41, 5.74) is 11.3. The fourth-order valence-corrected chi connectivity index (χ4v) is 3.46. The summed E-state index contributed by atoms with van der Waals surface area (Å²) in [6.07, 6.45) is 9.88. The van der Waals surface area contributed by atoms with Crippen LogP contribution in [0.1, 0.15) is 75.5 Å². The van der Waals surface area contributed by atoms with E-state index in [0.717, 1.165) is 63.4 Å². The van der Waals surface area contributed by atoms with Crippen LogP contribution in [0.5, 0.6) is 0 Å². The molecule has 0 atom stereocenters. The second-order valence-electron chi connectivity index (χ2n) is 7.99. The predicted molar refractivity (Wildman–Crippen MR) is 131 cm³/mol. The Balaban J connectivity index is 0.00000512. The third kappa shape index (κ3) is 12.3. The van der Waals surface area contributed by atoms with Crippen molar-refractivity contribution < 1.29 is 14.4 Å². The van der Waals surface area contributed by atoms with Crippen LogP contribution in [0.2, 0.25) is 0 Å². The zero-order chi connectivity index (χ0) is 22.2. The Morgan fingerprint density at radius 3 is 1.94 bits per heavy atom. The van der Waals surface area contributed by atoms with Crippen molar-refractivity contribution in [1.82, 2.24) is 5.48 Å². The fraction of sp³-hybridized carbons (Fsp3) is 0.481. The number of benzene rings is 2. The van der Waals surface area contributed by atoms with Gasteiger partial charge in [-0.1, -0.05) is 81.3 Å². The van der Waals surface area contributed by atoms with Crippen molar-refractivity contribution in [3.8, 4) is 0 Å². The molecule has 0 aromatic heterocycles. The van der Waals surface area contributed by atoms with Gasteiger partial charge < -0.3 is 10.6 Å². The van der Waals surface area contributed by atoms with E-state index in [4.69, 9.17) is 10.6 Å². The molecule has 1 amide bonds. The number of hydrogen-bond donors (Lipinski definition) is 2. The Morgan fingerprint density at radius 1 is 0.719 bits per heavy atom. The van der Waals surface area contributed by atoms with E-state index < -0.39 is 5.97 Å². The molecule has 0 radical (unpaired) electrons. The predicted octanol–water partition coefficient (Wildman–Crippen LogP) is 5.30. The molecule has 2 rings (SSSR count). The summed E-state index contributed by atoms with van der Waals surface area (Å²) in [5, 5.41) is 0. The number of nitrogens with one attached hydrogen (secondary N) is 1. The highest BCUT2D eigenvalue weighted by Crippen LogP contribution is 2.11. The maximum absolute atomic E-state index is 12.0. The fourth-order valence-electron chi connectivity index (χ4n) is 3.46. The summed E-state index contributed by atoms with van der Waals surface area (Å²) in [5.74, 6) is -0.704. The van der Waals surface area contributed by atoms with Gasteiger partial charge in [0.1, 0.15) is 0 Å². The first kappa shape index (κ1) is 27.4. The minimum Gasteiger partial charge on any atom is -0.341 e. The Bertz CT molecular complexity index is 760. The molecule has 5 heteroatoms. The Kier molecular flexibility index (Phi) is 14.5. The summed E-state index contributed by atoms with van der Waals surface area (Å²) in [4.78, 5) is 28.6. The highest BCUT2D eigenvalue weighted by molar-refractivity contribution is 5.79. The van der Waals surface area contributed by atoms with Gasteiger partial charge in [-0.15, -0.1) is 0 Å². The van der Waals surface area contributed by atoms with Crippen molar-refractivity contribution in [3.05, 3.63) is 71.3 Å². The van der Waals surface area contributed by atoms with Gasteiger partial charge in [0.2, 0.25) is 0 Å². The first-order valence-corrected chi connectivity index (χ1v) is 11.5. The second kappa shape index (κ2) is 17.0. The molecule has 3 N–H and O–H groups in total. The lowest BCUT2D eigenvalue weighted by molar-refractivity contribution is -0.158. The van der Waals surface area contributed by atoms with Crippen LogP contribution in [-0.4, -0.2) is 18.4 Å². The second-order valence-corrected chi connectivity index (χ2v) is 7.99. The third-order valence-corrected chi connectivity index (χ3v) is 5.28. The standard InChI is InChI=1S/C26H36N2O3.CH4/c27-20-10-3-1-2-7-15-26(30)31-28-25(29)21-24-18-16-23(17-19-24)14-9-8-13-22-11-5-4-6-12-22;/h4-6,11-12,16-19H,1-3,7-10,13-15,20-21,27H2,(H,28,29);1H4. The van der Waals surface area contributed by atoms with Gasteiger partial charge in [-0.25, -0.2) is 4.79 Å². The molecule has 0 aliphatic heterocycles. The van der Waals surface area contributed by atoms with Crippen molar-refractivity contribution in [2.45, 2.75) is 78.1 Å². The number of carbonyl (C=O) groups is 2. The number of aryl methyl sites for hydroxylation is 2. The number of nitrogens with two attached hydrogens (primary N) is 1. The summed E-state index contributed by atoms with van der Waals surface area (Å²) in [7, 11) is 0. The lowest BCUT2D eigenvalue weighted by atomic mass is 10.0. The number of unbranched alkanes of at least 4 members (excludes halogenated alkanes) is 5. The average molecular weight is 441 g/mol. The topological polar surface area (TPSA) is 81.4 Å². The van der Waals surface area contributed by atoms with Crippen molar-refractivity contribution in [2.24, 2.45) is 5.73 Å².